The largest absolute Gasteiger partial charge is 0.331 e. The molecule has 0 saturated carbocycles. The third kappa shape index (κ3) is 2.27. The number of carbonyl (C=O) groups is 1. The summed E-state index contributed by atoms with van der Waals surface area (Å²) in [5.74, 6) is -0.407. The van der Waals surface area contributed by atoms with Crippen molar-refractivity contribution in [2.24, 2.45) is 0 Å². The van der Waals surface area contributed by atoms with Gasteiger partial charge in [-0.3, -0.25) is 10.1 Å². The normalized spacial score (nSPS) is 10.1. The predicted molar refractivity (Wildman–Crippen MR) is 60.6 cm³/mol. The van der Waals surface area contributed by atoms with Crippen LogP contribution < -0.4 is 5.32 Å². The number of anilines is 1. The quantitative estimate of drug-likeness (QED) is 0.890. The van der Waals surface area contributed by atoms with Gasteiger partial charge in [0.25, 0.3) is 5.91 Å². The third-order valence-electron chi connectivity index (χ3n) is 1.91. The number of nitrogens with one attached hydrogen (secondary N) is 2. The molecule has 82 valence electrons. The molecule has 1 amide bonds. The van der Waals surface area contributed by atoms with Crippen molar-refractivity contribution in [2.45, 2.75) is 0 Å². The van der Waals surface area contributed by atoms with Gasteiger partial charge in [0.05, 0.1) is 4.47 Å². The van der Waals surface area contributed by atoms with Gasteiger partial charge in [0.15, 0.2) is 0 Å². The maximum absolute atomic E-state index is 12.9. The molecular weight excluding hydrogens is 277 g/mol. The van der Waals surface area contributed by atoms with Gasteiger partial charge < -0.3 is 4.98 Å². The van der Waals surface area contributed by atoms with Crippen molar-refractivity contribution in [2.75, 3.05) is 5.32 Å². The second-order valence-corrected chi connectivity index (χ2v) is 3.88. The van der Waals surface area contributed by atoms with Gasteiger partial charge in [0.2, 0.25) is 5.95 Å². The minimum Gasteiger partial charge on any atom is -0.331 e. The number of amides is 1. The van der Waals surface area contributed by atoms with Gasteiger partial charge in [-0.2, -0.15) is 0 Å². The zero-order valence-corrected chi connectivity index (χ0v) is 9.58. The van der Waals surface area contributed by atoms with Crippen LogP contribution in [0.25, 0.3) is 0 Å². The molecule has 16 heavy (non-hydrogen) atoms. The van der Waals surface area contributed by atoms with Gasteiger partial charge in [0, 0.05) is 18.0 Å². The number of aromatic nitrogens is 2. The molecule has 0 spiro atoms. The highest BCUT2D eigenvalue weighted by Crippen LogP contribution is 2.17. The molecule has 1 aromatic carbocycles. The Morgan fingerprint density at radius 2 is 2.31 bits per heavy atom. The standard InChI is InChI=1S/C10H7BrFN3O/c11-7-5-6(1-2-8(7)12)9(16)15-10-13-3-4-14-10/h1-5H,(H2,13,14,15,16). The lowest BCUT2D eigenvalue weighted by molar-refractivity contribution is 0.102. The maximum Gasteiger partial charge on any atom is 0.258 e. The van der Waals surface area contributed by atoms with Crippen molar-refractivity contribution >= 4 is 27.8 Å². The van der Waals surface area contributed by atoms with Gasteiger partial charge in [0.1, 0.15) is 5.82 Å². The van der Waals surface area contributed by atoms with Crippen molar-refractivity contribution in [1.82, 2.24) is 9.97 Å². The lowest BCUT2D eigenvalue weighted by Crippen LogP contribution is -2.13. The number of nitrogens with zero attached hydrogens (tertiary/aromatic N) is 1. The molecule has 4 nitrogen and oxygen atoms in total. The number of hydrogen-bond donors (Lipinski definition) is 2. The van der Waals surface area contributed by atoms with E-state index in [0.29, 0.717) is 11.5 Å². The molecule has 0 atom stereocenters. The van der Waals surface area contributed by atoms with Gasteiger partial charge in [-0.25, -0.2) is 9.37 Å². The summed E-state index contributed by atoms with van der Waals surface area (Å²) in [4.78, 5) is 18.2. The van der Waals surface area contributed by atoms with Crippen molar-refractivity contribution in [3.8, 4) is 0 Å². The van der Waals surface area contributed by atoms with Crippen LogP contribution in [0.1, 0.15) is 10.4 Å². The molecule has 1 heterocycles. The first-order valence-corrected chi connectivity index (χ1v) is 5.22. The Morgan fingerprint density at radius 1 is 1.50 bits per heavy atom. The first-order valence-electron chi connectivity index (χ1n) is 4.42. The number of aromatic amines is 1. The summed E-state index contributed by atoms with van der Waals surface area (Å²) in [6.07, 6.45) is 3.12. The fourth-order valence-corrected chi connectivity index (χ4v) is 1.53. The second-order valence-electron chi connectivity index (χ2n) is 3.02. The fourth-order valence-electron chi connectivity index (χ4n) is 1.15. The van der Waals surface area contributed by atoms with E-state index in [4.69, 9.17) is 0 Å². The summed E-state index contributed by atoms with van der Waals surface area (Å²) >= 11 is 3.01. The Labute approximate surface area is 99.0 Å². The highest BCUT2D eigenvalue weighted by Gasteiger charge is 2.09. The van der Waals surface area contributed by atoms with E-state index >= 15 is 0 Å². The third-order valence-corrected chi connectivity index (χ3v) is 2.52. The van der Waals surface area contributed by atoms with Gasteiger partial charge in [-0.15, -0.1) is 0 Å². The SMILES string of the molecule is O=C(Nc1ncc[nH]1)c1ccc(F)c(Br)c1. The average molecular weight is 284 g/mol. The van der Waals surface area contributed by atoms with Crippen LogP contribution in [-0.4, -0.2) is 15.9 Å². The Hall–Kier alpha value is -1.69. The van der Waals surface area contributed by atoms with Crippen LogP contribution in [0.15, 0.2) is 35.1 Å². The molecule has 0 unspecified atom stereocenters. The number of benzene rings is 1. The molecule has 0 bridgehead atoms. The number of halogens is 2. The van der Waals surface area contributed by atoms with Crippen LogP contribution >= 0.6 is 15.9 Å². The van der Waals surface area contributed by atoms with Crippen molar-refractivity contribution in [3.05, 3.63) is 46.4 Å². The van der Waals surface area contributed by atoms with Crippen molar-refractivity contribution < 1.29 is 9.18 Å². The second kappa shape index (κ2) is 4.44. The van der Waals surface area contributed by atoms with E-state index in [1.165, 1.54) is 24.4 Å². The number of carbonyl (C=O) groups excluding carboxylic acids is 1. The number of hydrogen-bond acceptors (Lipinski definition) is 2. The predicted octanol–water partition coefficient (Wildman–Crippen LogP) is 2.56. The minimum atomic E-state index is -0.408. The molecule has 6 heteroatoms. The van der Waals surface area contributed by atoms with E-state index in [1.54, 1.807) is 6.20 Å². The van der Waals surface area contributed by atoms with E-state index in [-0.39, 0.29) is 10.4 Å². The van der Waals surface area contributed by atoms with E-state index in [2.05, 4.69) is 31.2 Å². The fraction of sp³-hybridized carbons (Fsp3) is 0. The van der Waals surface area contributed by atoms with Crippen LogP contribution in [0.5, 0.6) is 0 Å². The van der Waals surface area contributed by atoms with Gasteiger partial charge >= 0.3 is 0 Å². The Kier molecular flexibility index (Phi) is 3.00. The molecule has 1 aromatic heterocycles. The van der Waals surface area contributed by atoms with Gasteiger partial charge in [-0.1, -0.05) is 0 Å². The number of rotatable bonds is 2. The molecule has 0 aliphatic rings. The summed E-state index contributed by atoms with van der Waals surface area (Å²) in [6.45, 7) is 0. The molecule has 0 aliphatic carbocycles. The molecule has 2 rings (SSSR count). The van der Waals surface area contributed by atoms with Crippen molar-refractivity contribution in [3.63, 3.8) is 0 Å². The summed E-state index contributed by atoms with van der Waals surface area (Å²) in [5.41, 5.74) is 0.352. The smallest absolute Gasteiger partial charge is 0.258 e. The van der Waals surface area contributed by atoms with Crippen molar-refractivity contribution in [1.29, 1.82) is 0 Å². The van der Waals surface area contributed by atoms with Gasteiger partial charge in [-0.05, 0) is 34.1 Å². The minimum absolute atomic E-state index is 0.250. The van der Waals surface area contributed by atoms with E-state index < -0.39 is 5.82 Å². The topological polar surface area (TPSA) is 57.8 Å². The Balaban J connectivity index is 2.18. The average Bonchev–Trinajstić information content (AvgIpc) is 2.74. The van der Waals surface area contributed by atoms with E-state index in [0.717, 1.165) is 0 Å². The first kappa shape index (κ1) is 10.8. The Morgan fingerprint density at radius 3 is 2.94 bits per heavy atom. The van der Waals surface area contributed by atoms with E-state index in [1.807, 2.05) is 0 Å². The molecular formula is C10H7BrFN3O. The van der Waals surface area contributed by atoms with Crippen LogP contribution in [-0.2, 0) is 0 Å². The molecule has 0 fully saturated rings. The zero-order valence-electron chi connectivity index (χ0n) is 8.00. The molecule has 0 saturated heterocycles. The number of H-pyrrole nitrogens is 1. The maximum atomic E-state index is 12.9. The zero-order chi connectivity index (χ0) is 11.5. The lowest BCUT2D eigenvalue weighted by atomic mass is 10.2. The van der Waals surface area contributed by atoms with Crippen LogP contribution in [0.3, 0.4) is 0 Å². The molecule has 0 aliphatic heterocycles. The first-order chi connectivity index (χ1) is 7.66. The van der Waals surface area contributed by atoms with Crippen LogP contribution in [0, 0.1) is 5.82 Å². The molecule has 2 N–H and O–H groups in total. The number of imidazole rings is 1. The Bertz CT molecular complexity index is 513. The summed E-state index contributed by atoms with van der Waals surface area (Å²) in [5, 5.41) is 2.54. The van der Waals surface area contributed by atoms with Crippen LogP contribution in [0.4, 0.5) is 10.3 Å². The summed E-state index contributed by atoms with van der Waals surface area (Å²) in [7, 11) is 0. The van der Waals surface area contributed by atoms with Crippen LogP contribution in [0.2, 0.25) is 0 Å². The molecule has 2 aromatic rings. The highest BCUT2D eigenvalue weighted by molar-refractivity contribution is 9.10. The molecule has 0 radical (unpaired) electrons. The van der Waals surface area contributed by atoms with E-state index in [9.17, 15) is 9.18 Å². The monoisotopic (exact) mass is 283 g/mol. The highest BCUT2D eigenvalue weighted by atomic mass is 79.9. The summed E-state index contributed by atoms with van der Waals surface area (Å²) in [6, 6.07) is 4.03. The summed E-state index contributed by atoms with van der Waals surface area (Å²) < 4.78 is 13.2. The lowest BCUT2D eigenvalue weighted by Gasteiger charge is -2.02.